The van der Waals surface area contributed by atoms with Gasteiger partial charge in [-0.3, -0.25) is 9.89 Å². The van der Waals surface area contributed by atoms with Gasteiger partial charge in [0.15, 0.2) is 5.69 Å². The number of aromatic amines is 1. The van der Waals surface area contributed by atoms with Crippen molar-refractivity contribution in [1.82, 2.24) is 10.2 Å². The highest BCUT2D eigenvalue weighted by molar-refractivity contribution is 6.30. The lowest BCUT2D eigenvalue weighted by atomic mass is 10.1. The average molecular weight is 386 g/mol. The smallest absolute Gasteiger partial charge is 0.278 e. The molecule has 0 radical (unpaired) electrons. The van der Waals surface area contributed by atoms with Crippen LogP contribution in [0.25, 0.3) is 0 Å². The Bertz CT molecular complexity index is 938. The minimum Gasteiger partial charge on any atom is -0.497 e. The summed E-state index contributed by atoms with van der Waals surface area (Å²) in [7, 11) is 4.81. The topological polar surface area (TPSA) is 67.5 Å². The molecular formula is C20H20ClN3O3. The van der Waals surface area contributed by atoms with Crippen LogP contribution in [0.1, 0.15) is 21.7 Å². The first-order valence-corrected chi connectivity index (χ1v) is 8.68. The van der Waals surface area contributed by atoms with Crippen LogP contribution in [0.2, 0.25) is 5.02 Å². The summed E-state index contributed by atoms with van der Waals surface area (Å²) in [5.41, 5.74) is 2.88. The van der Waals surface area contributed by atoms with Gasteiger partial charge in [0, 0.05) is 30.3 Å². The summed E-state index contributed by atoms with van der Waals surface area (Å²) in [6.45, 7) is 0. The molecule has 0 aliphatic rings. The Kier molecular flexibility index (Phi) is 5.66. The summed E-state index contributed by atoms with van der Waals surface area (Å²) < 4.78 is 10.6. The Morgan fingerprint density at radius 2 is 1.85 bits per heavy atom. The lowest BCUT2D eigenvalue weighted by molar-refractivity contribution is 0.0987. The van der Waals surface area contributed by atoms with E-state index in [2.05, 4.69) is 10.2 Å². The number of anilines is 1. The van der Waals surface area contributed by atoms with Gasteiger partial charge in [-0.1, -0.05) is 23.7 Å². The van der Waals surface area contributed by atoms with Crippen LogP contribution in [-0.4, -0.2) is 37.4 Å². The minimum absolute atomic E-state index is 0.239. The number of methoxy groups -OCH3 is 2. The molecule has 0 atom stereocenters. The number of hydrogen-bond acceptors (Lipinski definition) is 4. The van der Waals surface area contributed by atoms with E-state index in [1.54, 1.807) is 45.5 Å². The van der Waals surface area contributed by atoms with E-state index in [4.69, 9.17) is 21.1 Å². The van der Waals surface area contributed by atoms with Crippen LogP contribution in [0.5, 0.6) is 11.5 Å². The van der Waals surface area contributed by atoms with Crippen molar-refractivity contribution < 1.29 is 14.3 Å². The van der Waals surface area contributed by atoms with Crippen LogP contribution in [0.4, 0.5) is 5.69 Å². The SMILES string of the molecule is COc1ccc(N(C)C(=O)c2cc(Cc3ccc(Cl)cc3)[nH]n2)c(OC)c1. The van der Waals surface area contributed by atoms with Crippen molar-refractivity contribution in [2.45, 2.75) is 6.42 Å². The molecule has 0 aliphatic carbocycles. The van der Waals surface area contributed by atoms with Gasteiger partial charge in [-0.25, -0.2) is 0 Å². The van der Waals surface area contributed by atoms with Gasteiger partial charge in [0.25, 0.3) is 5.91 Å². The fourth-order valence-electron chi connectivity index (χ4n) is 2.73. The van der Waals surface area contributed by atoms with Crippen molar-refractivity contribution in [2.24, 2.45) is 0 Å². The zero-order valence-electron chi connectivity index (χ0n) is 15.3. The number of aromatic nitrogens is 2. The normalized spacial score (nSPS) is 10.5. The van der Waals surface area contributed by atoms with Crippen LogP contribution >= 0.6 is 11.6 Å². The molecule has 1 amide bonds. The van der Waals surface area contributed by atoms with Gasteiger partial charge in [-0.2, -0.15) is 5.10 Å². The largest absolute Gasteiger partial charge is 0.497 e. The molecule has 0 aliphatic heterocycles. The van der Waals surface area contributed by atoms with Crippen LogP contribution in [0, 0.1) is 0 Å². The lowest BCUT2D eigenvalue weighted by Gasteiger charge is -2.19. The van der Waals surface area contributed by atoms with Crippen molar-refractivity contribution in [3.05, 3.63) is 70.5 Å². The van der Waals surface area contributed by atoms with Crippen molar-refractivity contribution in [2.75, 3.05) is 26.2 Å². The number of ether oxygens (including phenoxy) is 2. The van der Waals surface area contributed by atoms with E-state index in [0.29, 0.717) is 34.3 Å². The zero-order chi connectivity index (χ0) is 19.4. The third kappa shape index (κ3) is 4.23. The number of nitrogens with one attached hydrogen (secondary N) is 1. The van der Waals surface area contributed by atoms with E-state index in [1.165, 1.54) is 4.90 Å². The Balaban J connectivity index is 1.78. The van der Waals surface area contributed by atoms with Crippen LogP contribution in [-0.2, 0) is 6.42 Å². The first kappa shape index (κ1) is 18.8. The second-order valence-corrected chi connectivity index (χ2v) is 6.42. The molecule has 1 aromatic heterocycles. The third-order valence-electron chi connectivity index (χ3n) is 4.21. The lowest BCUT2D eigenvalue weighted by Crippen LogP contribution is -2.27. The predicted molar refractivity (Wildman–Crippen MR) is 105 cm³/mol. The van der Waals surface area contributed by atoms with E-state index in [-0.39, 0.29) is 5.91 Å². The first-order chi connectivity index (χ1) is 13.0. The highest BCUT2D eigenvalue weighted by atomic mass is 35.5. The molecule has 0 fully saturated rings. The predicted octanol–water partition coefficient (Wildman–Crippen LogP) is 3.95. The Labute approximate surface area is 162 Å². The molecule has 0 saturated heterocycles. The second kappa shape index (κ2) is 8.14. The molecule has 2 aromatic carbocycles. The molecule has 0 saturated carbocycles. The maximum Gasteiger partial charge on any atom is 0.278 e. The summed E-state index contributed by atoms with van der Waals surface area (Å²) in [6.07, 6.45) is 0.632. The summed E-state index contributed by atoms with van der Waals surface area (Å²) in [6, 6.07) is 14.6. The Morgan fingerprint density at radius 1 is 1.11 bits per heavy atom. The standard InChI is InChI=1S/C20H20ClN3O3/c1-24(18-9-8-16(26-2)12-19(18)27-3)20(25)17-11-15(22-23-17)10-13-4-6-14(21)7-5-13/h4-9,11-12H,10H2,1-3H3,(H,22,23). The zero-order valence-corrected chi connectivity index (χ0v) is 16.1. The van der Waals surface area contributed by atoms with Crippen LogP contribution in [0.3, 0.4) is 0 Å². The summed E-state index contributed by atoms with van der Waals surface area (Å²) in [5.74, 6) is 0.959. The van der Waals surface area contributed by atoms with E-state index in [1.807, 2.05) is 24.3 Å². The number of H-pyrrole nitrogens is 1. The average Bonchev–Trinajstić information content (AvgIpc) is 3.16. The maximum atomic E-state index is 12.8. The van der Waals surface area contributed by atoms with Gasteiger partial charge in [-0.05, 0) is 35.9 Å². The number of carbonyl (C=O) groups is 1. The molecular weight excluding hydrogens is 366 g/mol. The number of rotatable bonds is 6. The van der Waals surface area contributed by atoms with E-state index in [9.17, 15) is 4.79 Å². The Morgan fingerprint density at radius 3 is 2.52 bits per heavy atom. The minimum atomic E-state index is -0.239. The molecule has 1 heterocycles. The van der Waals surface area contributed by atoms with Gasteiger partial charge in [0.05, 0.1) is 19.9 Å². The molecule has 0 spiro atoms. The van der Waals surface area contributed by atoms with Crippen molar-refractivity contribution >= 4 is 23.2 Å². The number of carbonyl (C=O) groups excluding carboxylic acids is 1. The molecule has 1 N–H and O–H groups in total. The van der Waals surface area contributed by atoms with Gasteiger partial charge in [0.2, 0.25) is 0 Å². The first-order valence-electron chi connectivity index (χ1n) is 8.30. The number of nitrogens with zero attached hydrogens (tertiary/aromatic N) is 2. The van der Waals surface area contributed by atoms with Crippen molar-refractivity contribution in [3.63, 3.8) is 0 Å². The summed E-state index contributed by atoms with van der Waals surface area (Å²) >= 11 is 5.91. The Hall–Kier alpha value is -2.99. The highest BCUT2D eigenvalue weighted by Gasteiger charge is 2.20. The molecule has 0 unspecified atom stereocenters. The van der Waals surface area contributed by atoms with E-state index >= 15 is 0 Å². The maximum absolute atomic E-state index is 12.8. The van der Waals surface area contributed by atoms with Gasteiger partial charge in [0.1, 0.15) is 11.5 Å². The quantitative estimate of drug-likeness (QED) is 0.697. The summed E-state index contributed by atoms with van der Waals surface area (Å²) in [5, 5.41) is 7.77. The fourth-order valence-corrected chi connectivity index (χ4v) is 2.85. The molecule has 140 valence electrons. The number of amides is 1. The number of halogens is 1. The second-order valence-electron chi connectivity index (χ2n) is 5.98. The molecule has 6 nitrogen and oxygen atoms in total. The van der Waals surface area contributed by atoms with E-state index < -0.39 is 0 Å². The molecule has 27 heavy (non-hydrogen) atoms. The highest BCUT2D eigenvalue weighted by Crippen LogP contribution is 2.32. The summed E-state index contributed by atoms with van der Waals surface area (Å²) in [4.78, 5) is 14.3. The molecule has 3 aromatic rings. The molecule has 3 rings (SSSR count). The molecule has 0 bridgehead atoms. The molecule has 7 heteroatoms. The van der Waals surface area contributed by atoms with Gasteiger partial charge >= 0.3 is 0 Å². The third-order valence-corrected chi connectivity index (χ3v) is 4.46. The van der Waals surface area contributed by atoms with Gasteiger partial charge in [-0.15, -0.1) is 0 Å². The van der Waals surface area contributed by atoms with Crippen LogP contribution < -0.4 is 14.4 Å². The van der Waals surface area contributed by atoms with Gasteiger partial charge < -0.3 is 14.4 Å². The van der Waals surface area contributed by atoms with Crippen molar-refractivity contribution in [1.29, 1.82) is 0 Å². The van der Waals surface area contributed by atoms with Crippen LogP contribution in [0.15, 0.2) is 48.5 Å². The van der Waals surface area contributed by atoms with Crippen molar-refractivity contribution in [3.8, 4) is 11.5 Å². The fraction of sp³-hybridized carbons (Fsp3) is 0.200. The monoisotopic (exact) mass is 385 g/mol. The number of hydrogen-bond donors (Lipinski definition) is 1. The number of benzene rings is 2. The van der Waals surface area contributed by atoms with E-state index in [0.717, 1.165) is 11.3 Å².